The molecule has 84 valence electrons. The van der Waals surface area contributed by atoms with E-state index in [4.69, 9.17) is 4.42 Å². The first kappa shape index (κ1) is 9.70. The number of benzene rings is 1. The first-order valence-electron chi connectivity index (χ1n) is 5.90. The van der Waals surface area contributed by atoms with Crippen molar-refractivity contribution in [2.45, 2.75) is 32.7 Å². The Hall–Kier alpha value is -1.51. The summed E-state index contributed by atoms with van der Waals surface area (Å²) in [5, 5.41) is 0. The fourth-order valence-corrected chi connectivity index (χ4v) is 2.06. The van der Waals surface area contributed by atoms with Gasteiger partial charge in [0.2, 0.25) is 0 Å². The van der Waals surface area contributed by atoms with Gasteiger partial charge in [0.25, 0.3) is 0 Å². The highest BCUT2D eigenvalue weighted by molar-refractivity contribution is 5.73. The van der Waals surface area contributed by atoms with E-state index in [0.717, 1.165) is 18.5 Å². The number of hydrogen-bond donors (Lipinski definition) is 0. The fraction of sp³-hybridized carbons (Fsp3) is 0.462. The molecule has 1 fully saturated rings. The summed E-state index contributed by atoms with van der Waals surface area (Å²) in [6, 6.07) is 5.99. The molecule has 0 saturated heterocycles. The molecule has 3 nitrogen and oxygen atoms in total. The van der Waals surface area contributed by atoms with Gasteiger partial charge in [0.15, 0.2) is 5.58 Å². The van der Waals surface area contributed by atoms with Gasteiger partial charge in [0.1, 0.15) is 0 Å². The van der Waals surface area contributed by atoms with E-state index in [2.05, 4.69) is 13.0 Å². The molecule has 2 aromatic rings. The summed E-state index contributed by atoms with van der Waals surface area (Å²) in [6.07, 6.45) is 3.47. The smallest absolute Gasteiger partial charge is 0.408 e. The van der Waals surface area contributed by atoms with Crippen LogP contribution in [-0.2, 0) is 13.0 Å². The molecule has 16 heavy (non-hydrogen) atoms. The van der Waals surface area contributed by atoms with Crippen LogP contribution in [0.25, 0.3) is 11.1 Å². The Labute approximate surface area is 93.7 Å². The summed E-state index contributed by atoms with van der Waals surface area (Å²) >= 11 is 0. The minimum absolute atomic E-state index is 0.213. The number of nitrogens with zero attached hydrogens (tertiary/aromatic N) is 1. The maximum absolute atomic E-state index is 11.7. The van der Waals surface area contributed by atoms with Gasteiger partial charge in [0, 0.05) is 6.54 Å². The van der Waals surface area contributed by atoms with Gasteiger partial charge in [-0.05, 0) is 42.9 Å². The number of fused-ring (bicyclic) bond motifs is 1. The number of aryl methyl sites for hydroxylation is 1. The lowest BCUT2D eigenvalue weighted by Crippen LogP contribution is -2.15. The summed E-state index contributed by atoms with van der Waals surface area (Å²) in [6.45, 7) is 2.93. The van der Waals surface area contributed by atoms with Crippen molar-refractivity contribution in [1.29, 1.82) is 0 Å². The van der Waals surface area contributed by atoms with Crippen LogP contribution in [0.2, 0.25) is 0 Å². The molecule has 0 N–H and O–H groups in total. The van der Waals surface area contributed by atoms with E-state index >= 15 is 0 Å². The highest BCUT2D eigenvalue weighted by atomic mass is 16.4. The Bertz CT molecular complexity index is 575. The molecular formula is C13H15NO2. The molecule has 1 heterocycles. The molecule has 0 atom stereocenters. The Balaban J connectivity index is 2.15. The molecule has 1 aliphatic carbocycles. The lowest BCUT2D eigenvalue weighted by molar-refractivity contribution is 0.492. The monoisotopic (exact) mass is 217 g/mol. The van der Waals surface area contributed by atoms with Crippen molar-refractivity contribution in [3.05, 3.63) is 34.3 Å². The average Bonchev–Trinajstić information content (AvgIpc) is 3.05. The van der Waals surface area contributed by atoms with Gasteiger partial charge < -0.3 is 4.42 Å². The number of oxazole rings is 1. The Morgan fingerprint density at radius 1 is 1.44 bits per heavy atom. The zero-order valence-electron chi connectivity index (χ0n) is 9.40. The highest BCUT2D eigenvalue weighted by Gasteiger charge is 2.24. The quantitative estimate of drug-likeness (QED) is 0.792. The third-order valence-corrected chi connectivity index (χ3v) is 3.28. The fourth-order valence-electron chi connectivity index (χ4n) is 2.06. The summed E-state index contributed by atoms with van der Waals surface area (Å²) < 4.78 is 7.02. The highest BCUT2D eigenvalue weighted by Crippen LogP contribution is 2.31. The normalized spacial score (nSPS) is 15.8. The molecule has 1 saturated carbocycles. The Kier molecular flexibility index (Phi) is 2.13. The second-order valence-electron chi connectivity index (χ2n) is 4.58. The van der Waals surface area contributed by atoms with Gasteiger partial charge >= 0.3 is 5.76 Å². The van der Waals surface area contributed by atoms with E-state index < -0.39 is 0 Å². The summed E-state index contributed by atoms with van der Waals surface area (Å²) in [5.41, 5.74) is 2.91. The summed E-state index contributed by atoms with van der Waals surface area (Å²) in [5.74, 6) is 0.471. The number of rotatable bonds is 3. The van der Waals surface area contributed by atoms with Crippen LogP contribution in [0.1, 0.15) is 25.3 Å². The predicted octanol–water partition coefficient (Wildman–Crippen LogP) is 2.57. The summed E-state index contributed by atoms with van der Waals surface area (Å²) in [4.78, 5) is 11.7. The van der Waals surface area contributed by atoms with Crippen LogP contribution < -0.4 is 5.76 Å². The molecule has 1 aliphatic rings. The third kappa shape index (κ3) is 1.56. The maximum atomic E-state index is 11.7. The van der Waals surface area contributed by atoms with E-state index in [9.17, 15) is 4.79 Å². The van der Waals surface area contributed by atoms with E-state index in [-0.39, 0.29) is 5.76 Å². The minimum Gasteiger partial charge on any atom is -0.408 e. The zero-order valence-corrected chi connectivity index (χ0v) is 9.40. The van der Waals surface area contributed by atoms with Crippen molar-refractivity contribution in [3.8, 4) is 0 Å². The second-order valence-corrected chi connectivity index (χ2v) is 4.58. The second kappa shape index (κ2) is 3.51. The molecule has 0 bridgehead atoms. The first-order valence-corrected chi connectivity index (χ1v) is 5.90. The topological polar surface area (TPSA) is 35.1 Å². The van der Waals surface area contributed by atoms with Crippen LogP contribution in [0, 0.1) is 5.92 Å². The average molecular weight is 217 g/mol. The zero-order chi connectivity index (χ0) is 11.1. The van der Waals surface area contributed by atoms with Gasteiger partial charge in [0.05, 0.1) is 5.52 Å². The SMILES string of the molecule is CCc1ccc2oc(=O)n(CC3CC3)c2c1. The van der Waals surface area contributed by atoms with Crippen LogP contribution in [-0.4, -0.2) is 4.57 Å². The lowest BCUT2D eigenvalue weighted by Gasteiger charge is -2.01. The molecule has 0 aliphatic heterocycles. The Morgan fingerprint density at radius 3 is 2.94 bits per heavy atom. The van der Waals surface area contributed by atoms with Crippen molar-refractivity contribution in [1.82, 2.24) is 4.57 Å². The van der Waals surface area contributed by atoms with E-state index in [0.29, 0.717) is 11.5 Å². The molecule has 0 radical (unpaired) electrons. The molecule has 3 rings (SSSR count). The van der Waals surface area contributed by atoms with Crippen LogP contribution in [0.4, 0.5) is 0 Å². The molecule has 1 aromatic carbocycles. The van der Waals surface area contributed by atoms with Crippen LogP contribution >= 0.6 is 0 Å². The number of aromatic nitrogens is 1. The van der Waals surface area contributed by atoms with Gasteiger partial charge in [-0.3, -0.25) is 4.57 Å². The molecular weight excluding hydrogens is 202 g/mol. The lowest BCUT2D eigenvalue weighted by atomic mass is 10.1. The Morgan fingerprint density at radius 2 is 2.25 bits per heavy atom. The summed E-state index contributed by atoms with van der Waals surface area (Å²) in [7, 11) is 0. The van der Waals surface area contributed by atoms with Crippen molar-refractivity contribution in [3.63, 3.8) is 0 Å². The van der Waals surface area contributed by atoms with E-state index in [1.165, 1.54) is 18.4 Å². The van der Waals surface area contributed by atoms with Crippen molar-refractivity contribution < 1.29 is 4.42 Å². The van der Waals surface area contributed by atoms with Crippen LogP contribution in [0.15, 0.2) is 27.4 Å². The third-order valence-electron chi connectivity index (χ3n) is 3.28. The van der Waals surface area contributed by atoms with Gasteiger partial charge in [-0.15, -0.1) is 0 Å². The van der Waals surface area contributed by atoms with Gasteiger partial charge in [-0.25, -0.2) is 4.79 Å². The predicted molar refractivity (Wildman–Crippen MR) is 62.6 cm³/mol. The van der Waals surface area contributed by atoms with Crippen molar-refractivity contribution in [2.24, 2.45) is 5.92 Å². The van der Waals surface area contributed by atoms with E-state index in [1.54, 1.807) is 4.57 Å². The van der Waals surface area contributed by atoms with E-state index in [1.807, 2.05) is 12.1 Å². The van der Waals surface area contributed by atoms with Gasteiger partial charge in [-0.2, -0.15) is 0 Å². The van der Waals surface area contributed by atoms with Crippen molar-refractivity contribution >= 4 is 11.1 Å². The largest absolute Gasteiger partial charge is 0.419 e. The van der Waals surface area contributed by atoms with Crippen LogP contribution in [0.5, 0.6) is 0 Å². The molecule has 1 aromatic heterocycles. The molecule has 0 spiro atoms. The molecule has 0 amide bonds. The number of hydrogen-bond acceptors (Lipinski definition) is 2. The standard InChI is InChI=1S/C13H15NO2/c1-2-9-5-6-12-11(7-9)14(13(15)16-12)8-10-3-4-10/h5-7,10H,2-4,8H2,1H3. The van der Waals surface area contributed by atoms with Gasteiger partial charge in [-0.1, -0.05) is 13.0 Å². The van der Waals surface area contributed by atoms with Crippen LogP contribution in [0.3, 0.4) is 0 Å². The minimum atomic E-state index is -0.213. The molecule has 0 unspecified atom stereocenters. The molecule has 3 heteroatoms. The van der Waals surface area contributed by atoms with Crippen molar-refractivity contribution in [2.75, 3.05) is 0 Å². The first-order chi connectivity index (χ1) is 7.78. The maximum Gasteiger partial charge on any atom is 0.419 e.